The second-order valence-electron chi connectivity index (χ2n) is 3.74. The molecule has 0 aromatic heterocycles. The summed E-state index contributed by atoms with van der Waals surface area (Å²) in [4.78, 5) is 1.08. The predicted octanol–water partition coefficient (Wildman–Crippen LogP) is 2.88. The first-order valence-electron chi connectivity index (χ1n) is 5.67. The van der Waals surface area contributed by atoms with Crippen molar-refractivity contribution in [3.8, 4) is 5.75 Å². The van der Waals surface area contributed by atoms with Crippen molar-refractivity contribution in [3.05, 3.63) is 23.8 Å². The summed E-state index contributed by atoms with van der Waals surface area (Å²) in [6.45, 7) is 2.53. The van der Waals surface area contributed by atoms with Gasteiger partial charge in [-0.3, -0.25) is 0 Å². The molecule has 0 amide bonds. The Morgan fingerprint density at radius 3 is 2.71 bits per heavy atom. The number of aliphatic hydroxyl groups excluding tert-OH is 1. The summed E-state index contributed by atoms with van der Waals surface area (Å²) in [6, 6.07) is 5.84. The van der Waals surface area contributed by atoms with Crippen LogP contribution in [0.3, 0.4) is 0 Å². The Morgan fingerprint density at radius 1 is 1.35 bits per heavy atom. The summed E-state index contributed by atoms with van der Waals surface area (Å²) < 4.78 is 10.3. The van der Waals surface area contributed by atoms with Crippen molar-refractivity contribution < 1.29 is 14.6 Å². The lowest BCUT2D eigenvalue weighted by atomic mass is 10.1. The van der Waals surface area contributed by atoms with Crippen LogP contribution >= 0.6 is 11.8 Å². The van der Waals surface area contributed by atoms with Gasteiger partial charge in [-0.2, -0.15) is 0 Å². The number of benzene rings is 1. The maximum absolute atomic E-state index is 9.80. The highest BCUT2D eigenvalue weighted by Crippen LogP contribution is 2.34. The van der Waals surface area contributed by atoms with E-state index in [1.807, 2.05) is 18.2 Å². The number of aliphatic hydroxyl groups is 1. The standard InChI is InChI=1S/C13H20O3S/c1-10(14)13-11(16-3)6-4-7-12(13)17-9-5-8-15-2/h4,6-7,10,14H,5,8-9H2,1-3H3/t10-/m1/s1. The van der Waals surface area contributed by atoms with Gasteiger partial charge in [-0.25, -0.2) is 0 Å². The second kappa shape index (κ2) is 7.58. The fraction of sp³-hybridized carbons (Fsp3) is 0.538. The highest BCUT2D eigenvalue weighted by Gasteiger charge is 2.13. The molecule has 0 heterocycles. The first-order valence-corrected chi connectivity index (χ1v) is 6.66. The van der Waals surface area contributed by atoms with Crippen molar-refractivity contribution in [3.63, 3.8) is 0 Å². The fourth-order valence-corrected chi connectivity index (χ4v) is 2.71. The Balaban J connectivity index is 2.76. The van der Waals surface area contributed by atoms with Crippen LogP contribution in [0.4, 0.5) is 0 Å². The summed E-state index contributed by atoms with van der Waals surface area (Å²) in [5.41, 5.74) is 0.873. The average molecular weight is 256 g/mol. The van der Waals surface area contributed by atoms with Gasteiger partial charge in [0, 0.05) is 29.9 Å². The van der Waals surface area contributed by atoms with E-state index in [-0.39, 0.29) is 0 Å². The van der Waals surface area contributed by atoms with E-state index in [4.69, 9.17) is 9.47 Å². The monoisotopic (exact) mass is 256 g/mol. The van der Waals surface area contributed by atoms with Gasteiger partial charge < -0.3 is 14.6 Å². The average Bonchev–Trinajstić information content (AvgIpc) is 2.33. The number of rotatable bonds is 7. The van der Waals surface area contributed by atoms with Crippen molar-refractivity contribution >= 4 is 11.8 Å². The van der Waals surface area contributed by atoms with Gasteiger partial charge in [-0.15, -0.1) is 11.8 Å². The Hall–Kier alpha value is -0.710. The molecule has 0 saturated carbocycles. The highest BCUT2D eigenvalue weighted by molar-refractivity contribution is 7.99. The molecule has 1 aromatic rings. The molecule has 4 heteroatoms. The number of thioether (sulfide) groups is 1. The van der Waals surface area contributed by atoms with E-state index < -0.39 is 6.10 Å². The molecule has 1 aromatic carbocycles. The molecule has 0 aliphatic carbocycles. The molecule has 0 unspecified atom stereocenters. The maximum Gasteiger partial charge on any atom is 0.125 e. The van der Waals surface area contributed by atoms with Crippen molar-refractivity contribution in [1.29, 1.82) is 0 Å². The molecule has 0 bridgehead atoms. The van der Waals surface area contributed by atoms with Gasteiger partial charge in [0.25, 0.3) is 0 Å². The molecule has 1 rings (SSSR count). The smallest absolute Gasteiger partial charge is 0.125 e. The molecule has 0 saturated heterocycles. The molecule has 0 aliphatic rings. The van der Waals surface area contributed by atoms with Crippen molar-refractivity contribution in [2.24, 2.45) is 0 Å². The number of methoxy groups -OCH3 is 2. The SMILES string of the molecule is COCCCSc1cccc(OC)c1[C@@H](C)O. The molecule has 17 heavy (non-hydrogen) atoms. The number of hydrogen-bond acceptors (Lipinski definition) is 4. The third kappa shape index (κ3) is 4.22. The minimum atomic E-state index is -0.518. The van der Waals surface area contributed by atoms with Crippen LogP contribution < -0.4 is 4.74 Å². The van der Waals surface area contributed by atoms with Gasteiger partial charge in [0.2, 0.25) is 0 Å². The first kappa shape index (κ1) is 14.4. The zero-order chi connectivity index (χ0) is 12.7. The van der Waals surface area contributed by atoms with Gasteiger partial charge in [0.15, 0.2) is 0 Å². The van der Waals surface area contributed by atoms with E-state index in [1.54, 1.807) is 32.9 Å². The molecule has 1 atom stereocenters. The molecule has 0 aliphatic heterocycles. The Labute approximate surface area is 107 Å². The summed E-state index contributed by atoms with van der Waals surface area (Å²) >= 11 is 1.72. The van der Waals surface area contributed by atoms with Gasteiger partial charge in [0.05, 0.1) is 13.2 Å². The zero-order valence-electron chi connectivity index (χ0n) is 10.6. The summed E-state index contributed by atoms with van der Waals surface area (Å²) in [5.74, 6) is 1.72. The summed E-state index contributed by atoms with van der Waals surface area (Å²) in [6.07, 6.45) is 0.480. The third-order valence-corrected chi connectivity index (χ3v) is 3.57. The lowest BCUT2D eigenvalue weighted by Gasteiger charge is -2.15. The third-order valence-electron chi connectivity index (χ3n) is 2.41. The van der Waals surface area contributed by atoms with Crippen LogP contribution in [0, 0.1) is 0 Å². The van der Waals surface area contributed by atoms with Crippen molar-refractivity contribution in [1.82, 2.24) is 0 Å². The maximum atomic E-state index is 9.80. The Kier molecular flexibility index (Phi) is 6.40. The Morgan fingerprint density at radius 2 is 2.12 bits per heavy atom. The van der Waals surface area contributed by atoms with Crippen LogP contribution in [0.5, 0.6) is 5.75 Å². The van der Waals surface area contributed by atoms with E-state index in [2.05, 4.69) is 0 Å². The van der Waals surface area contributed by atoms with E-state index >= 15 is 0 Å². The van der Waals surface area contributed by atoms with Crippen LogP contribution in [-0.2, 0) is 4.74 Å². The summed E-state index contributed by atoms with van der Waals surface area (Å²) in [5, 5.41) is 9.80. The van der Waals surface area contributed by atoms with Crippen molar-refractivity contribution in [2.75, 3.05) is 26.6 Å². The van der Waals surface area contributed by atoms with Crippen LogP contribution in [0.1, 0.15) is 25.0 Å². The lowest BCUT2D eigenvalue weighted by molar-refractivity contribution is 0.191. The fourth-order valence-electron chi connectivity index (χ4n) is 1.62. The van der Waals surface area contributed by atoms with Gasteiger partial charge >= 0.3 is 0 Å². The van der Waals surface area contributed by atoms with Crippen LogP contribution in [0.25, 0.3) is 0 Å². The molecule has 0 spiro atoms. The topological polar surface area (TPSA) is 38.7 Å². The van der Waals surface area contributed by atoms with E-state index in [0.717, 1.165) is 35.0 Å². The van der Waals surface area contributed by atoms with Gasteiger partial charge in [-0.1, -0.05) is 6.07 Å². The minimum absolute atomic E-state index is 0.518. The van der Waals surface area contributed by atoms with Crippen LogP contribution in [0.2, 0.25) is 0 Å². The quantitative estimate of drug-likeness (QED) is 0.601. The molecular formula is C13H20O3S. The molecule has 3 nitrogen and oxygen atoms in total. The predicted molar refractivity (Wildman–Crippen MR) is 70.8 cm³/mol. The van der Waals surface area contributed by atoms with E-state index in [0.29, 0.717) is 0 Å². The molecule has 0 radical (unpaired) electrons. The normalized spacial score (nSPS) is 12.5. The Bertz CT molecular complexity index is 339. The van der Waals surface area contributed by atoms with Crippen LogP contribution in [-0.4, -0.2) is 31.7 Å². The van der Waals surface area contributed by atoms with E-state index in [9.17, 15) is 5.11 Å². The van der Waals surface area contributed by atoms with Crippen LogP contribution in [0.15, 0.2) is 23.1 Å². The lowest BCUT2D eigenvalue weighted by Crippen LogP contribution is -1.99. The first-order chi connectivity index (χ1) is 8.20. The van der Waals surface area contributed by atoms with E-state index in [1.165, 1.54) is 0 Å². The number of hydrogen-bond donors (Lipinski definition) is 1. The van der Waals surface area contributed by atoms with Crippen molar-refractivity contribution in [2.45, 2.75) is 24.3 Å². The van der Waals surface area contributed by atoms with Gasteiger partial charge in [-0.05, 0) is 25.5 Å². The largest absolute Gasteiger partial charge is 0.496 e. The molecule has 96 valence electrons. The molecular weight excluding hydrogens is 236 g/mol. The molecule has 1 N–H and O–H groups in total. The molecule has 0 fully saturated rings. The number of ether oxygens (including phenoxy) is 2. The minimum Gasteiger partial charge on any atom is -0.496 e. The van der Waals surface area contributed by atoms with Gasteiger partial charge in [0.1, 0.15) is 5.75 Å². The second-order valence-corrected chi connectivity index (χ2v) is 4.88. The summed E-state index contributed by atoms with van der Waals surface area (Å²) in [7, 11) is 3.33. The highest BCUT2D eigenvalue weighted by atomic mass is 32.2. The zero-order valence-corrected chi connectivity index (χ0v) is 11.4.